The van der Waals surface area contributed by atoms with Crippen LogP contribution in [0.15, 0.2) is 113 Å². The Labute approximate surface area is 505 Å². The summed E-state index contributed by atoms with van der Waals surface area (Å²) in [6.45, 7) is 0.706. The Morgan fingerprint density at radius 3 is 1.96 bits per heavy atom. The summed E-state index contributed by atoms with van der Waals surface area (Å²) in [7, 11) is -3.79. The van der Waals surface area contributed by atoms with Crippen molar-refractivity contribution in [2.45, 2.75) is 50.5 Å². The average Bonchev–Trinajstić information content (AvgIpc) is 1.77. The van der Waals surface area contributed by atoms with Crippen molar-refractivity contribution in [2.24, 2.45) is 0 Å². The van der Waals surface area contributed by atoms with Gasteiger partial charge in [0.2, 0.25) is 11.7 Å². The van der Waals surface area contributed by atoms with E-state index in [9.17, 15) is 68.4 Å². The number of carbonyl (C=O) groups excluding carboxylic acids is 6. The van der Waals surface area contributed by atoms with Crippen LogP contribution in [0.25, 0.3) is 17.3 Å². The molecule has 3 aromatic carbocycles. The number of unbranched alkanes of at least 4 members (excludes halogenated alkanes) is 3. The molecule has 4 heterocycles. The molecular weight excluding hydrogens is 1180 g/mol. The van der Waals surface area contributed by atoms with Crippen molar-refractivity contribution in [2.75, 3.05) is 72.5 Å². The maximum absolute atomic E-state index is 15.6. The van der Waals surface area contributed by atoms with E-state index in [-0.39, 0.29) is 98.0 Å². The minimum absolute atomic E-state index is 0.00443. The summed E-state index contributed by atoms with van der Waals surface area (Å²) >= 11 is 0. The van der Waals surface area contributed by atoms with E-state index in [1.807, 2.05) is 0 Å². The van der Waals surface area contributed by atoms with E-state index < -0.39 is 113 Å². The number of nitrogens with one attached hydrogen (secondary N) is 6. The normalized spacial score (nSPS) is 15.3. The number of rotatable bonds is 32. The number of aromatic nitrogens is 4. The number of carbonyl (C=O) groups is 8. The van der Waals surface area contributed by atoms with Gasteiger partial charge in [0.25, 0.3) is 29.1 Å². The van der Waals surface area contributed by atoms with Crippen LogP contribution in [0, 0.1) is 0 Å². The van der Waals surface area contributed by atoms with Gasteiger partial charge in [-0.1, -0.05) is 73.5 Å². The van der Waals surface area contributed by atoms with Crippen molar-refractivity contribution in [1.29, 1.82) is 0 Å². The van der Waals surface area contributed by atoms with E-state index in [1.165, 1.54) is 30.5 Å². The first-order chi connectivity index (χ1) is 42.9. The second-order valence-corrected chi connectivity index (χ2v) is 22.8. The number of hydrogen-bond acceptors (Lipinski definition) is 19. The van der Waals surface area contributed by atoms with E-state index in [2.05, 4.69) is 36.4 Å². The van der Waals surface area contributed by atoms with Crippen LogP contribution in [-0.4, -0.2) is 172 Å². The standard InChI is InChI=1S/C60H63N8O20P/c69-34-45-44(70)32-48(88-45)68-33-36(55(75)66-60(68)82)16-18-47(71)61-19-9-1-2-10-20-62-54(74)35-15-17-39(46(29-35)89(83,37-11-5-3-6-12-37)38-13-7-4-8-14-38)56(76)63-21-22-84-23-24-85-25-26-86-27-28-87-67-57(77)42-30-40(58(78)79)49-50-41(31-43(65-50)59(80)81)52(72)53(73)51(49)64-42/h3-8,11-18,29-31,33,44-45,48,65,69-70H,1-2,9-10,19-28,32,34H2,(H,61,71)(H,62,74)(H,63,76)(H,67,77)(H,78,79)(H,80,81)(H,66,75,82)/b18-16+/t44-,45+,48+/m0/s1. The first-order valence-corrected chi connectivity index (χ1v) is 29.8. The molecule has 0 saturated carbocycles. The molecule has 29 heteroatoms. The maximum atomic E-state index is 15.6. The summed E-state index contributed by atoms with van der Waals surface area (Å²) < 4.78 is 38.9. The summed E-state index contributed by atoms with van der Waals surface area (Å²) in [6, 6.07) is 23.6. The predicted molar refractivity (Wildman–Crippen MR) is 316 cm³/mol. The highest BCUT2D eigenvalue weighted by molar-refractivity contribution is 7.85. The van der Waals surface area contributed by atoms with Crippen LogP contribution in [0.4, 0.5) is 0 Å². The molecule has 10 N–H and O–H groups in total. The number of ether oxygens (including phenoxy) is 4. The third-order valence-corrected chi connectivity index (χ3v) is 17.2. The third-order valence-electron chi connectivity index (χ3n) is 14.1. The van der Waals surface area contributed by atoms with Gasteiger partial charge in [0.05, 0.1) is 86.9 Å². The minimum Gasteiger partial charge on any atom is -0.478 e. The van der Waals surface area contributed by atoms with Crippen LogP contribution in [0.1, 0.15) is 117 Å². The number of benzene rings is 3. The quantitative estimate of drug-likeness (QED) is 0.00934. The number of amides is 4. The van der Waals surface area contributed by atoms with Gasteiger partial charge < -0.3 is 64.9 Å². The zero-order valence-corrected chi connectivity index (χ0v) is 48.5. The first-order valence-electron chi connectivity index (χ1n) is 28.1. The van der Waals surface area contributed by atoms with Crippen LogP contribution in [0.2, 0.25) is 0 Å². The molecular formula is C60H63N8O20P. The Kier molecular flexibility index (Phi) is 22.8. The number of hydrogen-bond donors (Lipinski definition) is 10. The predicted octanol–water partition coefficient (Wildman–Crippen LogP) is 1.24. The number of carboxylic acid groups (broad SMARTS) is 2. The molecule has 3 atom stereocenters. The lowest BCUT2D eigenvalue weighted by atomic mass is 9.88. The number of hydroxylamine groups is 1. The van der Waals surface area contributed by atoms with Gasteiger partial charge in [0.15, 0.2) is 7.14 Å². The van der Waals surface area contributed by atoms with Gasteiger partial charge in [-0.05, 0) is 49.2 Å². The fourth-order valence-electron chi connectivity index (χ4n) is 9.62. The number of Topliss-reactive ketones (excluding diaryl/α,β-unsaturated/α-hetero) is 2. The molecule has 1 saturated heterocycles. The van der Waals surface area contributed by atoms with Gasteiger partial charge in [-0.15, -0.1) is 0 Å². The van der Waals surface area contributed by atoms with E-state index in [0.29, 0.717) is 49.4 Å². The number of aromatic carboxylic acids is 2. The zero-order chi connectivity index (χ0) is 63.6. The number of aliphatic hydroxyl groups is 2. The molecule has 0 unspecified atom stereocenters. The molecule has 89 heavy (non-hydrogen) atoms. The number of aromatic amines is 2. The summed E-state index contributed by atoms with van der Waals surface area (Å²) in [5.74, 6) is -7.91. The van der Waals surface area contributed by atoms with Crippen LogP contribution < -0.4 is 48.6 Å². The molecule has 8 rings (SSSR count). The Morgan fingerprint density at radius 2 is 1.33 bits per heavy atom. The monoisotopic (exact) mass is 1250 g/mol. The maximum Gasteiger partial charge on any atom is 0.352 e. The molecule has 2 aliphatic rings. The molecule has 0 radical (unpaired) electrons. The number of ketones is 2. The fraction of sp³-hybridized carbons (Fsp3) is 0.317. The molecule has 6 aromatic rings. The van der Waals surface area contributed by atoms with Crippen LogP contribution >= 0.6 is 7.14 Å². The second kappa shape index (κ2) is 31.0. The number of aliphatic hydroxyl groups excluding tert-OH is 2. The lowest BCUT2D eigenvalue weighted by molar-refractivity contribution is -0.116. The number of H-pyrrole nitrogens is 2. The van der Waals surface area contributed by atoms with E-state index in [0.717, 1.165) is 22.8 Å². The molecule has 28 nitrogen and oxygen atoms in total. The smallest absolute Gasteiger partial charge is 0.352 e. The molecule has 0 spiro atoms. The molecule has 4 amide bonds. The highest BCUT2D eigenvalue weighted by Crippen LogP contribution is 2.44. The topological polar surface area (TPSA) is 412 Å². The Hall–Kier alpha value is -9.38. The van der Waals surface area contributed by atoms with Crippen molar-refractivity contribution in [3.05, 3.63) is 169 Å². The van der Waals surface area contributed by atoms with Crippen molar-refractivity contribution in [3.8, 4) is 11.3 Å². The molecule has 468 valence electrons. The van der Waals surface area contributed by atoms with Crippen LogP contribution in [0.5, 0.6) is 0 Å². The molecule has 3 aromatic heterocycles. The summed E-state index contributed by atoms with van der Waals surface area (Å²) in [5.41, 5.74) is -2.32. The Bertz CT molecular complexity index is 3770. The van der Waals surface area contributed by atoms with Gasteiger partial charge in [0, 0.05) is 65.4 Å². The molecule has 1 fully saturated rings. The van der Waals surface area contributed by atoms with E-state index >= 15 is 4.57 Å². The summed E-state index contributed by atoms with van der Waals surface area (Å²) in [4.78, 5) is 141. The zero-order valence-electron chi connectivity index (χ0n) is 47.6. The summed E-state index contributed by atoms with van der Waals surface area (Å²) in [6.07, 6.45) is 3.47. The molecule has 0 bridgehead atoms. The SMILES string of the molecule is O=C(/C=C/c1cn([C@H]2C[C@H](O)[C@@H](CO)O2)c(=O)[nH]c1=O)NCCCCCCNC(=O)c1ccc(C(=O)NCCOCCOCCOCCONC(=O)c2cc(C(=O)O)c3c(n2)C(=O)C(=O)c2cc(C(=O)O)[nH]c2-3)c(P(=O)(c2ccccc2)c2ccccc2)c1. The third kappa shape index (κ3) is 16.2. The lowest BCUT2D eigenvalue weighted by Crippen LogP contribution is -2.35. The van der Waals surface area contributed by atoms with Crippen LogP contribution in [-0.2, 0) is 33.1 Å². The van der Waals surface area contributed by atoms with Crippen molar-refractivity contribution >= 4 is 76.3 Å². The minimum atomic E-state index is -3.79. The van der Waals surface area contributed by atoms with Gasteiger partial charge >= 0.3 is 17.6 Å². The van der Waals surface area contributed by atoms with Gasteiger partial charge in [-0.25, -0.2) is 24.8 Å². The number of nitrogens with zero attached hydrogens (tertiary/aromatic N) is 2. The van der Waals surface area contributed by atoms with Crippen molar-refractivity contribution < 1.29 is 87.1 Å². The highest BCUT2D eigenvalue weighted by Gasteiger charge is 2.39. The highest BCUT2D eigenvalue weighted by atomic mass is 31.2. The second-order valence-electron chi connectivity index (χ2n) is 20.1. The largest absolute Gasteiger partial charge is 0.478 e. The van der Waals surface area contributed by atoms with Crippen LogP contribution in [0.3, 0.4) is 0 Å². The van der Waals surface area contributed by atoms with Gasteiger partial charge in [0.1, 0.15) is 29.4 Å². The van der Waals surface area contributed by atoms with Gasteiger partial charge in [-0.2, -0.15) is 0 Å². The average molecular weight is 1250 g/mol. The van der Waals surface area contributed by atoms with Crippen molar-refractivity contribution in [3.63, 3.8) is 0 Å². The molecule has 1 aliphatic carbocycles. The summed E-state index contributed by atoms with van der Waals surface area (Å²) in [5, 5.41) is 48.2. The Morgan fingerprint density at radius 1 is 0.697 bits per heavy atom. The van der Waals surface area contributed by atoms with E-state index in [1.54, 1.807) is 60.7 Å². The number of carboxylic acids is 2. The van der Waals surface area contributed by atoms with Crippen molar-refractivity contribution in [1.82, 2.24) is 40.9 Å². The number of pyridine rings is 1. The number of fused-ring (bicyclic) bond motifs is 3. The van der Waals surface area contributed by atoms with Gasteiger partial charge in [-0.3, -0.25) is 48.0 Å². The first kappa shape index (κ1) is 65.6. The lowest BCUT2D eigenvalue weighted by Gasteiger charge is -2.23. The Balaban J connectivity index is 0.745. The van der Waals surface area contributed by atoms with E-state index in [4.69, 9.17) is 23.8 Å². The molecule has 1 aliphatic heterocycles. The fourth-order valence-corrected chi connectivity index (χ4v) is 12.5.